The fraction of sp³-hybridized carbons (Fsp3) is 0.414. The number of methoxy groups -OCH3 is 1. The zero-order valence-electron chi connectivity index (χ0n) is 23.9. The van der Waals surface area contributed by atoms with Crippen LogP contribution >= 0.6 is 0 Å². The van der Waals surface area contributed by atoms with E-state index in [4.69, 9.17) is 9.47 Å². The fourth-order valence-electron chi connectivity index (χ4n) is 5.22. The van der Waals surface area contributed by atoms with Crippen molar-refractivity contribution in [1.29, 1.82) is 0 Å². The van der Waals surface area contributed by atoms with Crippen LogP contribution in [0.25, 0.3) is 11.0 Å². The number of aromatic amines is 1. The average molecular weight is 580 g/mol. The monoisotopic (exact) mass is 579 g/mol. The predicted octanol–water partition coefficient (Wildman–Crippen LogP) is 4.61. The second-order valence-corrected chi connectivity index (χ2v) is 10.7. The van der Waals surface area contributed by atoms with Gasteiger partial charge in [0.05, 0.1) is 6.61 Å². The fourth-order valence-corrected chi connectivity index (χ4v) is 5.22. The van der Waals surface area contributed by atoms with Gasteiger partial charge in [-0.25, -0.2) is 14.2 Å². The lowest BCUT2D eigenvalue weighted by Gasteiger charge is -2.19. The molecule has 0 radical (unpaired) electrons. The Labute approximate surface area is 240 Å². The number of pyridine rings is 1. The Morgan fingerprint density at radius 1 is 1.17 bits per heavy atom. The number of aromatic nitrogens is 5. The van der Waals surface area contributed by atoms with Crippen molar-refractivity contribution in [2.24, 2.45) is 0 Å². The number of rotatable bonds is 10. The van der Waals surface area contributed by atoms with Crippen molar-refractivity contribution >= 4 is 28.4 Å². The Morgan fingerprint density at radius 3 is 2.62 bits per heavy atom. The van der Waals surface area contributed by atoms with Crippen LogP contribution < -0.4 is 26.6 Å². The van der Waals surface area contributed by atoms with Gasteiger partial charge in [0.25, 0.3) is 11.5 Å². The van der Waals surface area contributed by atoms with Gasteiger partial charge in [0.15, 0.2) is 23.0 Å². The minimum absolute atomic E-state index is 0.0590. The summed E-state index contributed by atoms with van der Waals surface area (Å²) in [6, 6.07) is 4.98. The number of halogens is 1. The van der Waals surface area contributed by atoms with Gasteiger partial charge in [0, 0.05) is 55.4 Å². The van der Waals surface area contributed by atoms with E-state index in [0.717, 1.165) is 18.9 Å². The first kappa shape index (κ1) is 29.0. The summed E-state index contributed by atoms with van der Waals surface area (Å²) in [5, 5.41) is 13.4. The molecule has 1 amide bonds. The lowest BCUT2D eigenvalue weighted by molar-refractivity contribution is 0.102. The average Bonchev–Trinajstić information content (AvgIpc) is 3.61. The maximum absolute atomic E-state index is 15.2. The van der Waals surface area contributed by atoms with E-state index in [9.17, 15) is 14.4 Å². The first-order valence-electron chi connectivity index (χ1n) is 13.9. The molecule has 1 fully saturated rings. The third-order valence-electron chi connectivity index (χ3n) is 7.27. The van der Waals surface area contributed by atoms with Gasteiger partial charge in [0.1, 0.15) is 16.7 Å². The number of nitrogens with zero attached hydrogens (tertiary/aromatic N) is 4. The molecule has 1 atom stereocenters. The Balaban J connectivity index is 1.40. The quantitative estimate of drug-likeness (QED) is 0.247. The summed E-state index contributed by atoms with van der Waals surface area (Å²) in [5.41, 5.74) is -0.682. The van der Waals surface area contributed by atoms with Crippen molar-refractivity contribution in [3.63, 3.8) is 0 Å². The minimum Gasteiger partial charge on any atom is -0.453 e. The molecule has 1 aliphatic carbocycles. The van der Waals surface area contributed by atoms with E-state index < -0.39 is 23.0 Å². The number of benzene rings is 1. The molecule has 3 heterocycles. The number of hydrogen-bond donors (Lipinski definition) is 3. The Kier molecular flexibility index (Phi) is 8.39. The van der Waals surface area contributed by atoms with E-state index >= 15 is 4.39 Å². The van der Waals surface area contributed by atoms with Crippen LogP contribution in [0.5, 0.6) is 11.5 Å². The van der Waals surface area contributed by atoms with Crippen LogP contribution in [-0.2, 0) is 4.74 Å². The molecule has 0 saturated heterocycles. The van der Waals surface area contributed by atoms with Crippen LogP contribution in [0.3, 0.4) is 0 Å². The van der Waals surface area contributed by atoms with Crippen molar-refractivity contribution in [1.82, 2.24) is 24.3 Å². The summed E-state index contributed by atoms with van der Waals surface area (Å²) in [5.74, 6) is -0.759. The SMILES string of the molecule is COCC(C)Nc1n[nH]c2nccc(Oc3ccc(NC(=O)c4cn(C(C)C)c(=O)n(C5CCCC5)c4=O)cc3F)c12. The van der Waals surface area contributed by atoms with Gasteiger partial charge in [-0.3, -0.25) is 23.8 Å². The number of amides is 1. The second kappa shape index (κ2) is 12.1. The molecule has 4 aromatic rings. The van der Waals surface area contributed by atoms with E-state index in [0.29, 0.717) is 42.0 Å². The number of nitrogens with one attached hydrogen (secondary N) is 3. The highest BCUT2D eigenvalue weighted by Crippen LogP contribution is 2.34. The van der Waals surface area contributed by atoms with Crippen LogP contribution in [0.15, 0.2) is 46.2 Å². The van der Waals surface area contributed by atoms with Crippen molar-refractivity contribution in [2.45, 2.75) is 64.6 Å². The summed E-state index contributed by atoms with van der Waals surface area (Å²) >= 11 is 0. The van der Waals surface area contributed by atoms with Crippen LogP contribution in [0.2, 0.25) is 0 Å². The van der Waals surface area contributed by atoms with Crippen LogP contribution in [-0.4, -0.2) is 50.0 Å². The molecule has 1 unspecified atom stereocenters. The van der Waals surface area contributed by atoms with Gasteiger partial charge < -0.3 is 20.1 Å². The van der Waals surface area contributed by atoms with E-state index in [-0.39, 0.29) is 35.1 Å². The zero-order chi connectivity index (χ0) is 30.0. The largest absolute Gasteiger partial charge is 0.453 e. The lowest BCUT2D eigenvalue weighted by Crippen LogP contribution is -2.45. The van der Waals surface area contributed by atoms with Gasteiger partial charge in [-0.2, -0.15) is 5.10 Å². The molecule has 1 aliphatic rings. The molecular formula is C29H34FN7O5. The molecule has 0 aliphatic heterocycles. The molecular weight excluding hydrogens is 545 g/mol. The summed E-state index contributed by atoms with van der Waals surface area (Å²) in [4.78, 5) is 43.8. The molecule has 3 N–H and O–H groups in total. The number of carbonyl (C=O) groups is 1. The molecule has 12 nitrogen and oxygen atoms in total. The first-order valence-corrected chi connectivity index (χ1v) is 13.9. The van der Waals surface area contributed by atoms with Crippen molar-refractivity contribution < 1.29 is 18.7 Å². The standard InChI is InChI=1S/C29H34FN7O5/c1-16(2)36-14-20(28(39)37(29(36)40)19-7-5-6-8-19)27(38)33-18-9-10-22(21(30)13-18)42-23-11-12-31-25-24(23)26(35-34-25)32-17(3)15-41-4/h9-14,16-17,19H,5-8,15H2,1-4H3,(H,33,38)(H2,31,32,34,35). The highest BCUT2D eigenvalue weighted by Gasteiger charge is 2.26. The van der Waals surface area contributed by atoms with Gasteiger partial charge in [-0.1, -0.05) is 12.8 Å². The zero-order valence-corrected chi connectivity index (χ0v) is 23.9. The number of fused-ring (bicyclic) bond motifs is 1. The molecule has 1 aromatic carbocycles. The number of anilines is 2. The predicted molar refractivity (Wildman–Crippen MR) is 156 cm³/mol. The topological polar surface area (TPSA) is 145 Å². The summed E-state index contributed by atoms with van der Waals surface area (Å²) in [6.07, 6.45) is 6.04. The van der Waals surface area contributed by atoms with Gasteiger partial charge in [-0.05, 0) is 45.7 Å². The molecule has 0 bridgehead atoms. The number of hydrogen-bond acceptors (Lipinski definition) is 8. The Morgan fingerprint density at radius 2 is 1.93 bits per heavy atom. The van der Waals surface area contributed by atoms with E-state index in [1.165, 1.54) is 33.7 Å². The minimum atomic E-state index is -0.737. The number of carbonyl (C=O) groups excluding carboxylic acids is 1. The van der Waals surface area contributed by atoms with Gasteiger partial charge in [-0.15, -0.1) is 0 Å². The molecule has 222 valence electrons. The highest BCUT2D eigenvalue weighted by molar-refractivity contribution is 6.03. The van der Waals surface area contributed by atoms with E-state index in [2.05, 4.69) is 25.8 Å². The van der Waals surface area contributed by atoms with Crippen molar-refractivity contribution in [3.05, 3.63) is 68.9 Å². The molecule has 5 rings (SSSR count). The second-order valence-electron chi connectivity index (χ2n) is 10.7. The van der Waals surface area contributed by atoms with E-state index in [1.54, 1.807) is 27.0 Å². The van der Waals surface area contributed by atoms with Crippen LogP contribution in [0.1, 0.15) is 68.9 Å². The summed E-state index contributed by atoms with van der Waals surface area (Å²) in [7, 11) is 1.60. The Bertz CT molecular complexity index is 1720. The van der Waals surface area contributed by atoms with Crippen LogP contribution in [0.4, 0.5) is 15.9 Å². The third kappa shape index (κ3) is 5.77. The van der Waals surface area contributed by atoms with Crippen molar-refractivity contribution in [2.75, 3.05) is 24.4 Å². The lowest BCUT2D eigenvalue weighted by atomic mass is 10.2. The van der Waals surface area contributed by atoms with Gasteiger partial charge in [0.2, 0.25) is 0 Å². The van der Waals surface area contributed by atoms with Crippen LogP contribution in [0, 0.1) is 5.82 Å². The maximum atomic E-state index is 15.2. The molecule has 42 heavy (non-hydrogen) atoms. The molecule has 13 heteroatoms. The molecule has 0 spiro atoms. The number of H-pyrrole nitrogens is 1. The highest BCUT2D eigenvalue weighted by atomic mass is 19.1. The molecule has 1 saturated carbocycles. The molecule has 3 aromatic heterocycles. The normalized spacial score (nSPS) is 14.4. The van der Waals surface area contributed by atoms with E-state index in [1.807, 2.05) is 6.92 Å². The Hall–Kier alpha value is -4.52. The summed E-state index contributed by atoms with van der Waals surface area (Å²) < 4.78 is 28.9. The third-order valence-corrected chi connectivity index (χ3v) is 7.27. The maximum Gasteiger partial charge on any atom is 0.331 e. The smallest absolute Gasteiger partial charge is 0.331 e. The summed E-state index contributed by atoms with van der Waals surface area (Å²) in [6.45, 7) is 5.98. The van der Waals surface area contributed by atoms with Gasteiger partial charge >= 0.3 is 5.69 Å². The number of ether oxygens (including phenoxy) is 2. The van der Waals surface area contributed by atoms with Crippen molar-refractivity contribution in [3.8, 4) is 11.5 Å². The first-order chi connectivity index (χ1) is 20.2.